The molecular weight excluding hydrogens is 260 g/mol. The lowest BCUT2D eigenvalue weighted by Crippen LogP contribution is -2.37. The van der Waals surface area contributed by atoms with Gasteiger partial charge in [-0.25, -0.2) is 0 Å². The molecule has 0 saturated heterocycles. The van der Waals surface area contributed by atoms with Crippen molar-refractivity contribution in [2.45, 2.75) is 57.8 Å². The van der Waals surface area contributed by atoms with Crippen LogP contribution in [0.1, 0.15) is 45.5 Å². The minimum Gasteiger partial charge on any atom is -0.353 e. The lowest BCUT2D eigenvalue weighted by molar-refractivity contribution is -0.119. The van der Waals surface area contributed by atoms with Crippen molar-refractivity contribution in [3.8, 4) is 0 Å². The Labute approximate surface area is 118 Å². The number of thioether (sulfide) groups is 1. The number of aromatic nitrogens is 3. The maximum Gasteiger partial charge on any atom is 0.230 e. The lowest BCUT2D eigenvalue weighted by atomic mass is 10.1. The van der Waals surface area contributed by atoms with Crippen LogP contribution in [0.3, 0.4) is 0 Å². The van der Waals surface area contributed by atoms with Crippen molar-refractivity contribution in [2.75, 3.05) is 5.75 Å². The minimum atomic E-state index is 0.0641. The van der Waals surface area contributed by atoms with Gasteiger partial charge in [-0.15, -0.1) is 10.2 Å². The van der Waals surface area contributed by atoms with Gasteiger partial charge >= 0.3 is 0 Å². The Hall–Kier alpha value is -1.04. The first-order valence-electron chi connectivity index (χ1n) is 6.82. The molecule has 1 atom stereocenters. The number of carbonyl (C=O) groups is 1. The van der Waals surface area contributed by atoms with Gasteiger partial charge in [-0.2, -0.15) is 0 Å². The molecule has 1 fully saturated rings. The normalized spacial score (nSPS) is 16.7. The first-order chi connectivity index (χ1) is 8.99. The second-order valence-corrected chi connectivity index (χ2v) is 6.46. The fourth-order valence-corrected chi connectivity index (χ4v) is 2.66. The summed E-state index contributed by atoms with van der Waals surface area (Å²) in [5, 5.41) is 12.1. The third-order valence-corrected chi connectivity index (χ3v) is 4.41. The van der Waals surface area contributed by atoms with Gasteiger partial charge in [0.25, 0.3) is 0 Å². The summed E-state index contributed by atoms with van der Waals surface area (Å²) in [4.78, 5) is 11.8. The van der Waals surface area contributed by atoms with Crippen molar-refractivity contribution in [1.82, 2.24) is 20.1 Å². The molecule has 2 rings (SSSR count). The standard InChI is InChI=1S/C13H22N4OS/c1-8(2)9(3)14-12(18)7-19-13-16-15-10(4)17(13)11-5-6-11/h8-9,11H,5-7H2,1-4H3,(H,14,18)/t9-/m0/s1. The van der Waals surface area contributed by atoms with E-state index in [0.717, 1.165) is 11.0 Å². The van der Waals surface area contributed by atoms with Gasteiger partial charge in [0.2, 0.25) is 5.91 Å². The topological polar surface area (TPSA) is 59.8 Å². The van der Waals surface area contributed by atoms with E-state index < -0.39 is 0 Å². The van der Waals surface area contributed by atoms with E-state index in [1.165, 1.54) is 24.6 Å². The monoisotopic (exact) mass is 282 g/mol. The molecule has 0 unspecified atom stereocenters. The summed E-state index contributed by atoms with van der Waals surface area (Å²) in [6.07, 6.45) is 2.39. The van der Waals surface area contributed by atoms with Crippen LogP contribution in [0.25, 0.3) is 0 Å². The van der Waals surface area contributed by atoms with E-state index in [1.807, 2.05) is 13.8 Å². The molecule has 0 spiro atoms. The van der Waals surface area contributed by atoms with Gasteiger partial charge < -0.3 is 9.88 Å². The van der Waals surface area contributed by atoms with Gasteiger partial charge in [-0.05, 0) is 32.6 Å². The maximum absolute atomic E-state index is 11.8. The Morgan fingerprint density at radius 1 is 1.42 bits per heavy atom. The third-order valence-electron chi connectivity index (χ3n) is 3.47. The smallest absolute Gasteiger partial charge is 0.230 e. The van der Waals surface area contributed by atoms with E-state index >= 15 is 0 Å². The van der Waals surface area contributed by atoms with E-state index in [2.05, 4.69) is 33.9 Å². The lowest BCUT2D eigenvalue weighted by Gasteiger charge is -2.17. The summed E-state index contributed by atoms with van der Waals surface area (Å²) < 4.78 is 2.16. The third kappa shape index (κ3) is 3.72. The largest absolute Gasteiger partial charge is 0.353 e. The van der Waals surface area contributed by atoms with Crippen LogP contribution in [-0.2, 0) is 4.79 Å². The second kappa shape index (κ2) is 5.94. The summed E-state index contributed by atoms with van der Waals surface area (Å²) in [6.45, 7) is 8.21. The van der Waals surface area contributed by atoms with Gasteiger partial charge in [-0.3, -0.25) is 4.79 Å². The van der Waals surface area contributed by atoms with Crippen molar-refractivity contribution < 1.29 is 4.79 Å². The van der Waals surface area contributed by atoms with E-state index in [9.17, 15) is 4.79 Å². The van der Waals surface area contributed by atoms with Crippen LogP contribution >= 0.6 is 11.8 Å². The zero-order chi connectivity index (χ0) is 14.0. The molecule has 1 aliphatic rings. The van der Waals surface area contributed by atoms with Crippen LogP contribution in [0.5, 0.6) is 0 Å². The van der Waals surface area contributed by atoms with Crippen LogP contribution in [0.2, 0.25) is 0 Å². The van der Waals surface area contributed by atoms with E-state index in [4.69, 9.17) is 0 Å². The number of amides is 1. The van der Waals surface area contributed by atoms with Crippen LogP contribution in [0, 0.1) is 12.8 Å². The van der Waals surface area contributed by atoms with Crippen molar-refractivity contribution in [3.05, 3.63) is 5.82 Å². The summed E-state index contributed by atoms with van der Waals surface area (Å²) in [5.41, 5.74) is 0. The molecule has 0 aliphatic heterocycles. The highest BCUT2D eigenvalue weighted by atomic mass is 32.2. The van der Waals surface area contributed by atoms with Crippen molar-refractivity contribution >= 4 is 17.7 Å². The van der Waals surface area contributed by atoms with Crippen LogP contribution in [0.15, 0.2) is 5.16 Å². The fourth-order valence-electron chi connectivity index (χ4n) is 1.79. The molecule has 0 aromatic carbocycles. The Morgan fingerprint density at radius 2 is 2.11 bits per heavy atom. The molecule has 1 heterocycles. The van der Waals surface area contributed by atoms with E-state index in [-0.39, 0.29) is 11.9 Å². The maximum atomic E-state index is 11.8. The van der Waals surface area contributed by atoms with Gasteiger partial charge in [0.1, 0.15) is 5.82 Å². The Kier molecular flexibility index (Phi) is 4.50. The predicted octanol–water partition coefficient (Wildman–Crippen LogP) is 2.17. The number of rotatable bonds is 6. The second-order valence-electron chi connectivity index (χ2n) is 5.52. The van der Waals surface area contributed by atoms with Crippen LogP contribution < -0.4 is 5.32 Å². The number of aryl methyl sites for hydroxylation is 1. The summed E-state index contributed by atoms with van der Waals surface area (Å²) in [5.74, 6) is 1.86. The number of nitrogens with zero attached hydrogens (tertiary/aromatic N) is 3. The molecule has 6 heteroatoms. The molecule has 1 saturated carbocycles. The van der Waals surface area contributed by atoms with Crippen molar-refractivity contribution in [1.29, 1.82) is 0 Å². The average Bonchev–Trinajstić information content (AvgIpc) is 3.11. The highest BCUT2D eigenvalue weighted by Gasteiger charge is 2.28. The van der Waals surface area contributed by atoms with Gasteiger partial charge in [-0.1, -0.05) is 25.6 Å². The fraction of sp³-hybridized carbons (Fsp3) is 0.769. The van der Waals surface area contributed by atoms with Gasteiger partial charge in [0, 0.05) is 12.1 Å². The molecule has 1 N–H and O–H groups in total. The zero-order valence-corrected chi connectivity index (χ0v) is 12.8. The van der Waals surface area contributed by atoms with Crippen LogP contribution in [0.4, 0.5) is 0 Å². The molecule has 1 amide bonds. The average molecular weight is 282 g/mol. The molecule has 1 aliphatic carbocycles. The Morgan fingerprint density at radius 3 is 2.68 bits per heavy atom. The van der Waals surface area contributed by atoms with Crippen molar-refractivity contribution in [2.24, 2.45) is 5.92 Å². The quantitative estimate of drug-likeness (QED) is 0.812. The number of carbonyl (C=O) groups excluding carboxylic acids is 1. The highest BCUT2D eigenvalue weighted by molar-refractivity contribution is 7.99. The molecule has 1 aromatic heterocycles. The van der Waals surface area contributed by atoms with E-state index in [0.29, 0.717) is 17.7 Å². The summed E-state index contributed by atoms with van der Waals surface area (Å²) >= 11 is 1.48. The molecule has 5 nitrogen and oxygen atoms in total. The minimum absolute atomic E-state index is 0.0641. The van der Waals surface area contributed by atoms with E-state index in [1.54, 1.807) is 0 Å². The molecule has 106 valence electrons. The molecular formula is C13H22N4OS. The van der Waals surface area contributed by atoms with Gasteiger partial charge in [0.15, 0.2) is 5.16 Å². The number of hydrogen-bond acceptors (Lipinski definition) is 4. The summed E-state index contributed by atoms with van der Waals surface area (Å²) in [6, 6.07) is 0.756. The Bertz CT molecular complexity index is 453. The highest BCUT2D eigenvalue weighted by Crippen LogP contribution is 2.38. The first-order valence-corrected chi connectivity index (χ1v) is 7.81. The SMILES string of the molecule is Cc1nnc(SCC(=O)N[C@@H](C)C(C)C)n1C1CC1. The predicted molar refractivity (Wildman–Crippen MR) is 76.2 cm³/mol. The molecule has 0 bridgehead atoms. The molecule has 0 radical (unpaired) electrons. The summed E-state index contributed by atoms with van der Waals surface area (Å²) in [7, 11) is 0. The molecule has 1 aromatic rings. The Balaban J connectivity index is 1.87. The van der Waals surface area contributed by atoms with Crippen LogP contribution in [-0.4, -0.2) is 32.5 Å². The van der Waals surface area contributed by atoms with Crippen molar-refractivity contribution in [3.63, 3.8) is 0 Å². The number of nitrogens with one attached hydrogen (secondary N) is 1. The molecule has 19 heavy (non-hydrogen) atoms. The van der Waals surface area contributed by atoms with Gasteiger partial charge in [0.05, 0.1) is 5.75 Å². The first kappa shape index (κ1) is 14.4. The zero-order valence-electron chi connectivity index (χ0n) is 12.0. The number of hydrogen-bond donors (Lipinski definition) is 1.